The van der Waals surface area contributed by atoms with Crippen molar-refractivity contribution in [3.63, 3.8) is 0 Å². The van der Waals surface area contributed by atoms with Crippen LogP contribution in [0.25, 0.3) is 6.08 Å². The summed E-state index contributed by atoms with van der Waals surface area (Å²) >= 11 is 3.36. The third-order valence-corrected chi connectivity index (χ3v) is 1.68. The van der Waals surface area contributed by atoms with Gasteiger partial charge in [0.05, 0.1) is 13.2 Å². The van der Waals surface area contributed by atoms with E-state index in [0.29, 0.717) is 0 Å². The van der Waals surface area contributed by atoms with Gasteiger partial charge in [-0.3, -0.25) is 0 Å². The minimum atomic E-state index is -0.125. The van der Waals surface area contributed by atoms with Crippen LogP contribution in [-0.2, 0) is 0 Å². The van der Waals surface area contributed by atoms with Gasteiger partial charge in [-0.05, 0) is 17.7 Å². The van der Waals surface area contributed by atoms with Crippen LogP contribution in [0.4, 0.5) is 0 Å². The van der Waals surface area contributed by atoms with Gasteiger partial charge in [-0.15, -0.1) is 0 Å². The summed E-state index contributed by atoms with van der Waals surface area (Å²) in [6, 6.07) is 8.01. The van der Waals surface area contributed by atoms with Crippen molar-refractivity contribution in [2.75, 3.05) is 13.2 Å². The Morgan fingerprint density at radius 1 is 1.31 bits per heavy atom. The quantitative estimate of drug-likeness (QED) is 0.837. The fourth-order valence-corrected chi connectivity index (χ4v) is 1.05. The maximum atomic E-state index is 7.62. The molecule has 3 heteroatoms. The van der Waals surface area contributed by atoms with Crippen molar-refractivity contribution in [3.8, 4) is 0 Å². The van der Waals surface area contributed by atoms with Crippen molar-refractivity contribution in [1.82, 2.24) is 0 Å². The number of aliphatic hydroxyl groups is 2. The first kappa shape index (κ1) is 12.4. The van der Waals surface area contributed by atoms with Gasteiger partial charge in [0.15, 0.2) is 0 Å². The van der Waals surface area contributed by atoms with E-state index >= 15 is 0 Å². The molecule has 0 saturated heterocycles. The van der Waals surface area contributed by atoms with Gasteiger partial charge < -0.3 is 10.2 Å². The standard InChI is InChI=1S/C8H7Br.C2H6O2/c1-2-7-4-3-5-8(9)6-7;3-1-2-4/h2-6H,1H2;3-4H,1-2H2. The van der Waals surface area contributed by atoms with Crippen LogP contribution >= 0.6 is 15.9 Å². The number of rotatable bonds is 2. The van der Waals surface area contributed by atoms with Crippen LogP contribution < -0.4 is 0 Å². The summed E-state index contributed by atoms with van der Waals surface area (Å²) in [4.78, 5) is 0. The molecule has 0 heterocycles. The normalized spacial score (nSPS) is 8.54. The van der Waals surface area contributed by atoms with Gasteiger partial charge in [0, 0.05) is 4.47 Å². The van der Waals surface area contributed by atoms with E-state index in [1.165, 1.54) is 0 Å². The van der Waals surface area contributed by atoms with Gasteiger partial charge in [0.25, 0.3) is 0 Å². The molecule has 0 aliphatic heterocycles. The molecule has 0 atom stereocenters. The summed E-state index contributed by atoms with van der Waals surface area (Å²) in [5.41, 5.74) is 1.14. The molecule has 2 nitrogen and oxygen atoms in total. The molecule has 0 spiro atoms. The topological polar surface area (TPSA) is 40.5 Å². The Bertz CT molecular complexity index is 246. The lowest BCUT2D eigenvalue weighted by Crippen LogP contribution is -1.85. The maximum Gasteiger partial charge on any atom is 0.0662 e. The molecule has 2 N–H and O–H groups in total. The van der Waals surface area contributed by atoms with E-state index in [2.05, 4.69) is 22.5 Å². The van der Waals surface area contributed by atoms with Crippen molar-refractivity contribution in [2.24, 2.45) is 0 Å². The van der Waals surface area contributed by atoms with E-state index in [-0.39, 0.29) is 13.2 Å². The Balaban J connectivity index is 0.000000310. The summed E-state index contributed by atoms with van der Waals surface area (Å²) in [6.45, 7) is 3.40. The zero-order valence-corrected chi connectivity index (χ0v) is 8.87. The van der Waals surface area contributed by atoms with Crippen LogP contribution in [0, 0.1) is 0 Å². The minimum Gasteiger partial charge on any atom is -0.394 e. The molecule has 1 rings (SSSR count). The molecule has 0 aliphatic rings. The Hall–Kier alpha value is -0.640. The predicted octanol–water partition coefficient (Wildman–Crippen LogP) is 2.06. The second-order valence-corrected chi connectivity index (χ2v) is 3.12. The Labute approximate surface area is 86.7 Å². The molecule has 0 amide bonds. The summed E-state index contributed by atoms with van der Waals surface area (Å²) in [6.07, 6.45) is 1.82. The fourth-order valence-electron chi connectivity index (χ4n) is 0.634. The fraction of sp³-hybridized carbons (Fsp3) is 0.200. The summed E-state index contributed by atoms with van der Waals surface area (Å²) in [5, 5.41) is 15.2. The molecule has 0 aromatic heterocycles. The lowest BCUT2D eigenvalue weighted by Gasteiger charge is -1.90. The van der Waals surface area contributed by atoms with E-state index < -0.39 is 0 Å². The Morgan fingerprint density at radius 2 is 1.92 bits per heavy atom. The first-order valence-electron chi connectivity index (χ1n) is 3.84. The lowest BCUT2D eigenvalue weighted by atomic mass is 10.2. The molecule has 0 saturated carbocycles. The zero-order valence-electron chi connectivity index (χ0n) is 7.28. The Kier molecular flexibility index (Phi) is 7.59. The highest BCUT2D eigenvalue weighted by Crippen LogP contribution is 2.11. The highest BCUT2D eigenvalue weighted by Gasteiger charge is 1.84. The monoisotopic (exact) mass is 244 g/mol. The van der Waals surface area contributed by atoms with Crippen molar-refractivity contribution >= 4 is 22.0 Å². The van der Waals surface area contributed by atoms with Crippen LogP contribution in [-0.4, -0.2) is 23.4 Å². The predicted molar refractivity (Wildman–Crippen MR) is 58.4 cm³/mol. The third kappa shape index (κ3) is 6.51. The Morgan fingerprint density at radius 3 is 2.23 bits per heavy atom. The van der Waals surface area contributed by atoms with Crippen molar-refractivity contribution in [3.05, 3.63) is 40.9 Å². The molecular formula is C10H13BrO2. The molecule has 1 aromatic rings. The van der Waals surface area contributed by atoms with Crippen LogP contribution in [0.2, 0.25) is 0 Å². The van der Waals surface area contributed by atoms with Gasteiger partial charge in [-0.25, -0.2) is 0 Å². The number of halogens is 1. The van der Waals surface area contributed by atoms with E-state index in [1.807, 2.05) is 30.3 Å². The van der Waals surface area contributed by atoms with Crippen molar-refractivity contribution in [2.45, 2.75) is 0 Å². The lowest BCUT2D eigenvalue weighted by molar-refractivity contribution is 0.186. The van der Waals surface area contributed by atoms with E-state index in [4.69, 9.17) is 10.2 Å². The average Bonchev–Trinajstić information content (AvgIpc) is 2.18. The molecule has 0 radical (unpaired) electrons. The number of hydrogen-bond donors (Lipinski definition) is 2. The number of hydrogen-bond acceptors (Lipinski definition) is 2. The summed E-state index contributed by atoms with van der Waals surface area (Å²) in [7, 11) is 0. The largest absolute Gasteiger partial charge is 0.394 e. The van der Waals surface area contributed by atoms with Gasteiger partial charge in [-0.1, -0.05) is 40.7 Å². The highest BCUT2D eigenvalue weighted by atomic mass is 79.9. The van der Waals surface area contributed by atoms with Crippen molar-refractivity contribution in [1.29, 1.82) is 0 Å². The first-order chi connectivity index (χ1) is 6.24. The SMILES string of the molecule is C=Cc1cccc(Br)c1.OCCO. The second-order valence-electron chi connectivity index (χ2n) is 2.21. The third-order valence-electron chi connectivity index (χ3n) is 1.18. The maximum absolute atomic E-state index is 7.62. The summed E-state index contributed by atoms with van der Waals surface area (Å²) in [5.74, 6) is 0. The molecular weight excluding hydrogens is 232 g/mol. The van der Waals surface area contributed by atoms with Crippen LogP contribution in [0.1, 0.15) is 5.56 Å². The van der Waals surface area contributed by atoms with Gasteiger partial charge in [0.2, 0.25) is 0 Å². The van der Waals surface area contributed by atoms with Gasteiger partial charge >= 0.3 is 0 Å². The molecule has 13 heavy (non-hydrogen) atoms. The number of benzene rings is 1. The van der Waals surface area contributed by atoms with Crippen LogP contribution in [0.15, 0.2) is 35.3 Å². The highest BCUT2D eigenvalue weighted by molar-refractivity contribution is 9.10. The molecule has 0 unspecified atom stereocenters. The smallest absolute Gasteiger partial charge is 0.0662 e. The van der Waals surface area contributed by atoms with Crippen LogP contribution in [0.5, 0.6) is 0 Å². The van der Waals surface area contributed by atoms with E-state index in [0.717, 1.165) is 10.0 Å². The molecule has 1 aromatic carbocycles. The molecule has 0 aliphatic carbocycles. The average molecular weight is 245 g/mol. The minimum absolute atomic E-state index is 0.125. The van der Waals surface area contributed by atoms with Crippen molar-refractivity contribution < 1.29 is 10.2 Å². The van der Waals surface area contributed by atoms with E-state index in [9.17, 15) is 0 Å². The molecule has 0 fully saturated rings. The van der Waals surface area contributed by atoms with Crippen LogP contribution in [0.3, 0.4) is 0 Å². The molecule has 72 valence electrons. The first-order valence-corrected chi connectivity index (χ1v) is 4.63. The van der Waals surface area contributed by atoms with Gasteiger partial charge in [0.1, 0.15) is 0 Å². The summed E-state index contributed by atoms with van der Waals surface area (Å²) < 4.78 is 1.10. The van der Waals surface area contributed by atoms with E-state index in [1.54, 1.807) is 0 Å². The molecule has 0 bridgehead atoms. The second kappa shape index (κ2) is 7.98. The zero-order chi connectivity index (χ0) is 10.1. The van der Waals surface area contributed by atoms with Gasteiger partial charge in [-0.2, -0.15) is 0 Å². The number of aliphatic hydroxyl groups excluding tert-OH is 2.